The zero-order valence-corrected chi connectivity index (χ0v) is 8.76. The molecule has 3 nitrogen and oxygen atoms in total. The van der Waals surface area contributed by atoms with E-state index >= 15 is 0 Å². The minimum Gasteiger partial charge on any atom is -0.469 e. The van der Waals surface area contributed by atoms with Crippen LogP contribution >= 0.6 is 0 Å². The van der Waals surface area contributed by atoms with Gasteiger partial charge in [-0.3, -0.25) is 9.78 Å². The number of ether oxygens (including phenoxy) is 1. The molecule has 1 heterocycles. The molecule has 0 N–H and O–H groups in total. The Balaban J connectivity index is 3.07. The minimum atomic E-state index is -2.83. The van der Waals surface area contributed by atoms with Gasteiger partial charge < -0.3 is 4.74 Å². The van der Waals surface area contributed by atoms with Crippen LogP contribution in [0.3, 0.4) is 0 Å². The largest absolute Gasteiger partial charge is 0.469 e. The molecule has 0 amide bonds. The van der Waals surface area contributed by atoms with E-state index in [1.165, 1.54) is 6.92 Å². The molecule has 0 aliphatic carbocycles. The van der Waals surface area contributed by atoms with Crippen LogP contribution in [0, 0.1) is 12.7 Å². The van der Waals surface area contributed by atoms with E-state index in [4.69, 9.17) is 0 Å². The lowest BCUT2D eigenvalue weighted by Crippen LogP contribution is -2.10. The van der Waals surface area contributed by atoms with Gasteiger partial charge in [-0.15, -0.1) is 0 Å². The summed E-state index contributed by atoms with van der Waals surface area (Å²) in [5.41, 5.74) is -0.583. The average molecular weight is 233 g/mol. The summed E-state index contributed by atoms with van der Waals surface area (Å²) in [6.07, 6.45) is -3.15. The first-order chi connectivity index (χ1) is 7.45. The Bertz CT molecular complexity index is 384. The number of pyridine rings is 1. The molecule has 0 spiro atoms. The van der Waals surface area contributed by atoms with Crippen molar-refractivity contribution in [3.63, 3.8) is 0 Å². The van der Waals surface area contributed by atoms with E-state index < -0.39 is 23.9 Å². The quantitative estimate of drug-likeness (QED) is 0.751. The molecule has 1 rings (SSSR count). The summed E-state index contributed by atoms with van der Waals surface area (Å²) in [5, 5.41) is 0. The van der Waals surface area contributed by atoms with Gasteiger partial charge in [-0.25, -0.2) is 13.2 Å². The zero-order valence-electron chi connectivity index (χ0n) is 8.76. The van der Waals surface area contributed by atoms with Crippen molar-refractivity contribution in [3.8, 4) is 0 Å². The van der Waals surface area contributed by atoms with E-state index in [9.17, 15) is 18.0 Å². The molecule has 88 valence electrons. The van der Waals surface area contributed by atoms with Crippen molar-refractivity contribution < 1.29 is 22.7 Å². The number of aromatic nitrogens is 1. The Hall–Kier alpha value is -1.59. The van der Waals surface area contributed by atoms with Crippen LogP contribution < -0.4 is 0 Å². The van der Waals surface area contributed by atoms with Gasteiger partial charge in [0.2, 0.25) is 0 Å². The van der Waals surface area contributed by atoms with Crippen LogP contribution in [0.15, 0.2) is 6.07 Å². The number of esters is 1. The first kappa shape index (κ1) is 12.5. The fourth-order valence-electron chi connectivity index (χ4n) is 1.22. The predicted octanol–water partition coefficient (Wildman–Crippen LogP) is 2.18. The fourth-order valence-corrected chi connectivity index (χ4v) is 1.22. The van der Waals surface area contributed by atoms with E-state index in [2.05, 4.69) is 9.72 Å². The van der Waals surface area contributed by atoms with Gasteiger partial charge in [-0.2, -0.15) is 0 Å². The van der Waals surface area contributed by atoms with Gasteiger partial charge in [0.15, 0.2) is 0 Å². The van der Waals surface area contributed by atoms with Crippen LogP contribution in [0.1, 0.15) is 23.4 Å². The van der Waals surface area contributed by atoms with Gasteiger partial charge in [-0.05, 0) is 6.92 Å². The highest BCUT2D eigenvalue weighted by Crippen LogP contribution is 2.21. The lowest BCUT2D eigenvalue weighted by atomic mass is 10.1. The average Bonchev–Trinajstić information content (AvgIpc) is 2.22. The molecular formula is C10H10F3NO2. The van der Waals surface area contributed by atoms with E-state index in [0.717, 1.165) is 7.11 Å². The summed E-state index contributed by atoms with van der Waals surface area (Å²) in [6, 6.07) is 0.635. The maximum Gasteiger partial charge on any atom is 0.310 e. The van der Waals surface area contributed by atoms with E-state index in [0.29, 0.717) is 6.07 Å². The van der Waals surface area contributed by atoms with Gasteiger partial charge in [0.05, 0.1) is 13.5 Å². The highest BCUT2D eigenvalue weighted by atomic mass is 19.3. The second kappa shape index (κ2) is 4.96. The maximum atomic E-state index is 13.4. The molecule has 1 aromatic heterocycles. The van der Waals surface area contributed by atoms with Crippen molar-refractivity contribution >= 4 is 5.97 Å². The molecular weight excluding hydrogens is 223 g/mol. The second-order valence-electron chi connectivity index (χ2n) is 3.15. The number of methoxy groups -OCH3 is 1. The number of hydrogen-bond donors (Lipinski definition) is 0. The summed E-state index contributed by atoms with van der Waals surface area (Å²) in [5.74, 6) is -1.51. The van der Waals surface area contributed by atoms with Gasteiger partial charge in [-0.1, -0.05) is 0 Å². The SMILES string of the molecule is COC(=O)Cc1c(F)cc(C(F)F)nc1C. The Morgan fingerprint density at radius 1 is 1.56 bits per heavy atom. The van der Waals surface area contributed by atoms with Crippen LogP contribution in [0.2, 0.25) is 0 Å². The van der Waals surface area contributed by atoms with Gasteiger partial charge in [0.25, 0.3) is 6.43 Å². The van der Waals surface area contributed by atoms with Crippen LogP contribution in [-0.4, -0.2) is 18.1 Å². The molecule has 16 heavy (non-hydrogen) atoms. The smallest absolute Gasteiger partial charge is 0.310 e. The van der Waals surface area contributed by atoms with E-state index in [1.54, 1.807) is 0 Å². The number of carbonyl (C=O) groups is 1. The number of rotatable bonds is 3. The molecule has 1 aromatic rings. The number of nitrogens with zero attached hydrogens (tertiary/aromatic N) is 1. The monoisotopic (exact) mass is 233 g/mol. The standard InChI is InChI=1S/C10H10F3NO2/c1-5-6(3-9(15)16-2)7(11)4-8(14-5)10(12)13/h4,10H,3H2,1-2H3. The summed E-state index contributed by atoms with van der Waals surface area (Å²) in [7, 11) is 1.16. The fraction of sp³-hybridized carbons (Fsp3) is 0.400. The Morgan fingerprint density at radius 2 is 2.19 bits per heavy atom. The molecule has 0 fully saturated rings. The van der Waals surface area contributed by atoms with Crippen molar-refractivity contribution in [1.29, 1.82) is 0 Å². The maximum absolute atomic E-state index is 13.4. The lowest BCUT2D eigenvalue weighted by molar-refractivity contribution is -0.139. The molecule has 0 unspecified atom stereocenters. The highest BCUT2D eigenvalue weighted by Gasteiger charge is 2.17. The highest BCUT2D eigenvalue weighted by molar-refractivity contribution is 5.72. The summed E-state index contributed by atoms with van der Waals surface area (Å²) in [4.78, 5) is 14.5. The summed E-state index contributed by atoms with van der Waals surface area (Å²) in [6.45, 7) is 1.37. The Morgan fingerprint density at radius 3 is 2.62 bits per heavy atom. The third-order valence-electron chi connectivity index (χ3n) is 2.07. The molecule has 0 aliphatic heterocycles. The molecule has 0 aliphatic rings. The van der Waals surface area contributed by atoms with Gasteiger partial charge >= 0.3 is 5.97 Å². The topological polar surface area (TPSA) is 39.2 Å². The van der Waals surface area contributed by atoms with E-state index in [1.807, 2.05) is 0 Å². The zero-order chi connectivity index (χ0) is 12.3. The van der Waals surface area contributed by atoms with Gasteiger partial charge in [0.1, 0.15) is 11.5 Å². The van der Waals surface area contributed by atoms with Crippen molar-refractivity contribution in [3.05, 3.63) is 28.8 Å². The lowest BCUT2D eigenvalue weighted by Gasteiger charge is -2.08. The molecule has 0 bridgehead atoms. The van der Waals surface area contributed by atoms with Crippen molar-refractivity contribution in [1.82, 2.24) is 4.98 Å². The molecule has 0 atom stereocenters. The van der Waals surface area contributed by atoms with Crippen LogP contribution in [0.5, 0.6) is 0 Å². The number of halogens is 3. The summed E-state index contributed by atoms with van der Waals surface area (Å²) >= 11 is 0. The summed E-state index contributed by atoms with van der Waals surface area (Å²) < 4.78 is 42.3. The number of carbonyl (C=O) groups excluding carboxylic acids is 1. The third kappa shape index (κ3) is 2.71. The predicted molar refractivity (Wildman–Crippen MR) is 49.6 cm³/mol. The number of alkyl halides is 2. The molecule has 0 radical (unpaired) electrons. The van der Waals surface area contributed by atoms with E-state index in [-0.39, 0.29) is 17.7 Å². The Kier molecular flexibility index (Phi) is 3.87. The molecule has 0 aromatic carbocycles. The molecule has 0 saturated carbocycles. The van der Waals surface area contributed by atoms with Gasteiger partial charge in [0, 0.05) is 17.3 Å². The first-order valence-electron chi connectivity index (χ1n) is 4.46. The number of aryl methyl sites for hydroxylation is 1. The van der Waals surface area contributed by atoms with Crippen LogP contribution in [-0.2, 0) is 16.0 Å². The first-order valence-corrected chi connectivity index (χ1v) is 4.46. The minimum absolute atomic E-state index is 0.0174. The van der Waals surface area contributed by atoms with Crippen LogP contribution in [0.4, 0.5) is 13.2 Å². The number of hydrogen-bond acceptors (Lipinski definition) is 3. The van der Waals surface area contributed by atoms with Crippen LogP contribution in [0.25, 0.3) is 0 Å². The molecule has 0 saturated heterocycles. The Labute approximate surface area is 90.2 Å². The van der Waals surface area contributed by atoms with Crippen molar-refractivity contribution in [2.24, 2.45) is 0 Å². The second-order valence-corrected chi connectivity index (χ2v) is 3.15. The molecule has 6 heteroatoms. The third-order valence-corrected chi connectivity index (χ3v) is 2.07. The van der Waals surface area contributed by atoms with Crippen molar-refractivity contribution in [2.45, 2.75) is 19.8 Å². The normalized spacial score (nSPS) is 10.6. The van der Waals surface area contributed by atoms with Crippen molar-refractivity contribution in [2.75, 3.05) is 7.11 Å².